The molecular formula is C18H33N3O2. The molecule has 3 fully saturated rings. The summed E-state index contributed by atoms with van der Waals surface area (Å²) in [4.78, 5) is 14.6. The maximum Gasteiger partial charge on any atom is 0.315 e. The molecule has 0 radical (unpaired) electrons. The van der Waals surface area contributed by atoms with E-state index in [0.717, 1.165) is 44.6 Å². The number of nitrogens with zero attached hydrogens (tertiary/aromatic N) is 1. The molecule has 2 amide bonds. The third kappa shape index (κ3) is 4.38. The van der Waals surface area contributed by atoms with Gasteiger partial charge in [0, 0.05) is 32.8 Å². The first-order chi connectivity index (χ1) is 11.2. The molecule has 132 valence electrons. The van der Waals surface area contributed by atoms with E-state index in [-0.39, 0.29) is 6.03 Å². The number of ether oxygens (including phenoxy) is 1. The zero-order chi connectivity index (χ0) is 16.2. The van der Waals surface area contributed by atoms with Crippen molar-refractivity contribution in [2.24, 2.45) is 23.7 Å². The van der Waals surface area contributed by atoms with Crippen molar-refractivity contribution in [1.82, 2.24) is 15.5 Å². The predicted molar refractivity (Wildman–Crippen MR) is 91.4 cm³/mol. The van der Waals surface area contributed by atoms with Gasteiger partial charge in [0.15, 0.2) is 0 Å². The summed E-state index contributed by atoms with van der Waals surface area (Å²) in [6.45, 7) is 6.97. The van der Waals surface area contributed by atoms with Gasteiger partial charge in [-0.25, -0.2) is 4.79 Å². The quantitative estimate of drug-likeness (QED) is 0.754. The Balaban J connectivity index is 1.32. The summed E-state index contributed by atoms with van der Waals surface area (Å²) in [5.74, 6) is 3.08. The Labute approximate surface area is 140 Å². The van der Waals surface area contributed by atoms with E-state index < -0.39 is 0 Å². The molecule has 5 heteroatoms. The van der Waals surface area contributed by atoms with Crippen LogP contribution in [0.4, 0.5) is 4.79 Å². The van der Waals surface area contributed by atoms with Crippen LogP contribution in [-0.4, -0.2) is 56.9 Å². The Kier molecular flexibility index (Phi) is 5.81. The van der Waals surface area contributed by atoms with Crippen LogP contribution in [0.2, 0.25) is 0 Å². The van der Waals surface area contributed by atoms with Gasteiger partial charge in [-0.3, -0.25) is 0 Å². The van der Waals surface area contributed by atoms with Crippen LogP contribution in [0, 0.1) is 23.7 Å². The highest BCUT2D eigenvalue weighted by Crippen LogP contribution is 2.49. The van der Waals surface area contributed by atoms with Crippen LogP contribution in [0.3, 0.4) is 0 Å². The number of methoxy groups -OCH3 is 1. The number of carbonyl (C=O) groups is 1. The highest BCUT2D eigenvalue weighted by molar-refractivity contribution is 5.74. The smallest absolute Gasteiger partial charge is 0.315 e. The largest absolute Gasteiger partial charge is 0.383 e. The van der Waals surface area contributed by atoms with Gasteiger partial charge in [-0.05, 0) is 62.8 Å². The minimum absolute atomic E-state index is 0.0237. The van der Waals surface area contributed by atoms with Crippen molar-refractivity contribution in [2.45, 2.75) is 45.1 Å². The van der Waals surface area contributed by atoms with Crippen molar-refractivity contribution in [3.8, 4) is 0 Å². The standard InChI is InChI=1S/C18H33N3O2/c1-13(17-10-14-3-4-16(17)9-14)20-18(22)19-11-15-5-6-21(12-15)7-8-23-2/h13-17H,3-12H2,1-2H3,(H2,19,20,22)/t13-,14+,15-,16+,17+/m1/s1. The Morgan fingerprint density at radius 1 is 1.30 bits per heavy atom. The molecule has 0 unspecified atom stereocenters. The zero-order valence-electron chi connectivity index (χ0n) is 14.7. The predicted octanol–water partition coefficient (Wildman–Crippen LogP) is 2.08. The lowest BCUT2D eigenvalue weighted by Crippen LogP contribution is -2.46. The molecular weight excluding hydrogens is 290 g/mol. The van der Waals surface area contributed by atoms with Gasteiger partial charge in [0.25, 0.3) is 0 Å². The molecule has 2 N–H and O–H groups in total. The minimum atomic E-state index is 0.0237. The zero-order valence-corrected chi connectivity index (χ0v) is 14.7. The van der Waals surface area contributed by atoms with Gasteiger partial charge in [0.05, 0.1) is 6.61 Å². The number of nitrogens with one attached hydrogen (secondary N) is 2. The van der Waals surface area contributed by atoms with Crippen LogP contribution in [0.25, 0.3) is 0 Å². The molecule has 5 nitrogen and oxygen atoms in total. The van der Waals surface area contributed by atoms with E-state index in [1.165, 1.54) is 32.1 Å². The Hall–Kier alpha value is -0.810. The van der Waals surface area contributed by atoms with Gasteiger partial charge in [-0.2, -0.15) is 0 Å². The second-order valence-electron chi connectivity index (χ2n) is 7.93. The normalized spacial score (nSPS) is 34.7. The summed E-state index contributed by atoms with van der Waals surface area (Å²) in [6.07, 6.45) is 6.69. The van der Waals surface area contributed by atoms with Crippen LogP contribution in [0.1, 0.15) is 39.0 Å². The number of carbonyl (C=O) groups excluding carboxylic acids is 1. The average molecular weight is 323 g/mol. The molecule has 1 heterocycles. The second-order valence-corrected chi connectivity index (χ2v) is 7.93. The highest BCUT2D eigenvalue weighted by atomic mass is 16.5. The molecule has 3 rings (SSSR count). The van der Waals surface area contributed by atoms with Gasteiger partial charge in [0.2, 0.25) is 0 Å². The number of amides is 2. The topological polar surface area (TPSA) is 53.6 Å². The molecule has 23 heavy (non-hydrogen) atoms. The molecule has 2 aliphatic carbocycles. The summed E-state index contributed by atoms with van der Waals surface area (Å²) in [7, 11) is 1.75. The van der Waals surface area contributed by atoms with E-state index in [4.69, 9.17) is 4.74 Å². The van der Waals surface area contributed by atoms with E-state index in [1.807, 2.05) is 0 Å². The SMILES string of the molecule is COCCN1CC[C@H](CNC(=O)N[C@H](C)[C@@H]2C[C@H]3CC[C@H]2C3)C1. The number of hydrogen-bond donors (Lipinski definition) is 2. The van der Waals surface area contributed by atoms with Gasteiger partial charge < -0.3 is 20.3 Å². The number of likely N-dealkylation sites (tertiary alicyclic amines) is 1. The number of hydrogen-bond acceptors (Lipinski definition) is 3. The van der Waals surface area contributed by atoms with Crippen molar-refractivity contribution >= 4 is 6.03 Å². The number of rotatable bonds is 7. The van der Waals surface area contributed by atoms with Gasteiger partial charge in [0.1, 0.15) is 0 Å². The van der Waals surface area contributed by atoms with Gasteiger partial charge in [-0.15, -0.1) is 0 Å². The minimum Gasteiger partial charge on any atom is -0.383 e. The third-order valence-electron chi connectivity index (χ3n) is 6.33. The highest BCUT2D eigenvalue weighted by Gasteiger charge is 2.42. The van der Waals surface area contributed by atoms with Crippen molar-refractivity contribution < 1.29 is 9.53 Å². The van der Waals surface area contributed by atoms with E-state index in [0.29, 0.717) is 17.9 Å². The maximum atomic E-state index is 12.2. The lowest BCUT2D eigenvalue weighted by molar-refractivity contribution is 0.159. The van der Waals surface area contributed by atoms with Gasteiger partial charge >= 0.3 is 6.03 Å². The molecule has 0 aromatic heterocycles. The number of fused-ring (bicyclic) bond motifs is 2. The molecule has 0 spiro atoms. The lowest BCUT2D eigenvalue weighted by Gasteiger charge is -2.28. The molecule has 2 saturated carbocycles. The van der Waals surface area contributed by atoms with Crippen molar-refractivity contribution in [1.29, 1.82) is 0 Å². The average Bonchev–Trinajstić information content (AvgIpc) is 3.27. The fourth-order valence-corrected chi connectivity index (χ4v) is 5.01. The molecule has 0 aromatic carbocycles. The molecule has 2 bridgehead atoms. The summed E-state index contributed by atoms with van der Waals surface area (Å²) < 4.78 is 5.13. The van der Waals surface area contributed by atoms with Gasteiger partial charge in [-0.1, -0.05) is 6.42 Å². The Bertz CT molecular complexity index is 404. The van der Waals surface area contributed by atoms with Crippen LogP contribution >= 0.6 is 0 Å². The first kappa shape index (κ1) is 17.0. The van der Waals surface area contributed by atoms with Crippen LogP contribution in [0.5, 0.6) is 0 Å². The molecule has 3 aliphatic rings. The third-order valence-corrected chi connectivity index (χ3v) is 6.33. The van der Waals surface area contributed by atoms with E-state index in [2.05, 4.69) is 22.5 Å². The van der Waals surface area contributed by atoms with Crippen molar-refractivity contribution in [3.63, 3.8) is 0 Å². The van der Waals surface area contributed by atoms with Crippen LogP contribution < -0.4 is 10.6 Å². The van der Waals surface area contributed by atoms with E-state index in [1.54, 1.807) is 7.11 Å². The van der Waals surface area contributed by atoms with Crippen LogP contribution in [0.15, 0.2) is 0 Å². The Morgan fingerprint density at radius 2 is 2.17 bits per heavy atom. The fourth-order valence-electron chi connectivity index (χ4n) is 5.01. The first-order valence-electron chi connectivity index (χ1n) is 9.41. The Morgan fingerprint density at radius 3 is 2.87 bits per heavy atom. The van der Waals surface area contributed by atoms with E-state index >= 15 is 0 Å². The molecule has 1 aliphatic heterocycles. The summed E-state index contributed by atoms with van der Waals surface area (Å²) in [5.41, 5.74) is 0. The summed E-state index contributed by atoms with van der Waals surface area (Å²) >= 11 is 0. The fraction of sp³-hybridized carbons (Fsp3) is 0.944. The first-order valence-corrected chi connectivity index (χ1v) is 9.41. The molecule has 5 atom stereocenters. The van der Waals surface area contributed by atoms with E-state index in [9.17, 15) is 4.79 Å². The number of urea groups is 1. The van der Waals surface area contributed by atoms with Crippen LogP contribution in [-0.2, 0) is 4.74 Å². The molecule has 1 saturated heterocycles. The second kappa shape index (κ2) is 7.84. The summed E-state index contributed by atoms with van der Waals surface area (Å²) in [5, 5.41) is 6.28. The monoisotopic (exact) mass is 323 g/mol. The lowest BCUT2D eigenvalue weighted by atomic mass is 9.84. The molecule has 0 aromatic rings. The van der Waals surface area contributed by atoms with Crippen molar-refractivity contribution in [3.05, 3.63) is 0 Å². The maximum absolute atomic E-state index is 12.2. The van der Waals surface area contributed by atoms with Crippen molar-refractivity contribution in [2.75, 3.05) is 39.9 Å². The summed E-state index contributed by atoms with van der Waals surface area (Å²) in [6, 6.07) is 0.336.